The van der Waals surface area contributed by atoms with Crippen LogP contribution in [0.15, 0.2) is 71.6 Å². The molecule has 0 saturated carbocycles. The molecule has 1 aliphatic rings. The van der Waals surface area contributed by atoms with Crippen molar-refractivity contribution in [1.82, 2.24) is 4.90 Å². The maximum absolute atomic E-state index is 11.0. The molecule has 1 aromatic heterocycles. The van der Waals surface area contributed by atoms with Gasteiger partial charge in [0.15, 0.2) is 0 Å². The predicted molar refractivity (Wildman–Crippen MR) is 111 cm³/mol. The Labute approximate surface area is 159 Å². The van der Waals surface area contributed by atoms with Crippen LogP contribution in [0.5, 0.6) is 0 Å². The highest BCUT2D eigenvalue weighted by atomic mass is 32.1. The molecule has 0 aliphatic carbocycles. The van der Waals surface area contributed by atoms with Gasteiger partial charge in [-0.05, 0) is 42.2 Å². The maximum atomic E-state index is 11.0. The zero-order chi connectivity index (χ0) is 17.9. The van der Waals surface area contributed by atoms with E-state index in [1.165, 1.54) is 21.2 Å². The quantitative estimate of drug-likeness (QED) is 0.630. The van der Waals surface area contributed by atoms with Gasteiger partial charge in [-0.1, -0.05) is 60.2 Å². The Morgan fingerprint density at radius 3 is 2.62 bits per heavy atom. The van der Waals surface area contributed by atoms with E-state index in [1.807, 2.05) is 0 Å². The third kappa shape index (κ3) is 3.61. The highest BCUT2D eigenvalue weighted by Gasteiger charge is 2.26. The summed E-state index contributed by atoms with van der Waals surface area (Å²) in [6.07, 6.45) is 4.03. The number of nitrogens with zero attached hydrogens (tertiary/aromatic N) is 1. The summed E-state index contributed by atoms with van der Waals surface area (Å²) in [4.78, 5) is 2.39. The molecule has 4 rings (SSSR count). The van der Waals surface area contributed by atoms with E-state index in [1.54, 1.807) is 11.3 Å². The molecule has 1 N–H and O–H groups in total. The van der Waals surface area contributed by atoms with Crippen LogP contribution in [-0.4, -0.2) is 29.1 Å². The van der Waals surface area contributed by atoms with Gasteiger partial charge in [-0.15, -0.1) is 11.3 Å². The standard InChI is InChI=1S/C23H25NOS/c1-17(23(25)21-16-26-22-10-6-5-9-20(21)22)24-13-11-19(12-14-24)15-18-7-3-2-4-8-18/h2-11,16-17,23,25H,12-15H2,1H3/t17-,23+/m1/s1. The van der Waals surface area contributed by atoms with Gasteiger partial charge < -0.3 is 5.11 Å². The van der Waals surface area contributed by atoms with E-state index < -0.39 is 6.10 Å². The average Bonchev–Trinajstić information content (AvgIpc) is 3.12. The van der Waals surface area contributed by atoms with E-state index in [2.05, 4.69) is 77.9 Å². The first-order valence-corrected chi connectivity index (χ1v) is 10.2. The van der Waals surface area contributed by atoms with Crippen molar-refractivity contribution >= 4 is 21.4 Å². The third-order valence-corrected chi connectivity index (χ3v) is 6.45. The second-order valence-electron chi connectivity index (χ2n) is 7.14. The molecule has 0 radical (unpaired) electrons. The molecule has 0 fully saturated rings. The van der Waals surface area contributed by atoms with Crippen LogP contribution in [0, 0.1) is 0 Å². The molecule has 0 spiro atoms. The normalized spacial score (nSPS) is 17.8. The highest BCUT2D eigenvalue weighted by molar-refractivity contribution is 7.17. The number of aliphatic hydroxyl groups excluding tert-OH is 1. The Bertz CT molecular complexity index is 899. The second-order valence-corrected chi connectivity index (χ2v) is 8.05. The third-order valence-electron chi connectivity index (χ3n) is 5.47. The minimum atomic E-state index is -0.449. The summed E-state index contributed by atoms with van der Waals surface area (Å²) in [6.45, 7) is 4.08. The Hall–Kier alpha value is -1.94. The number of hydrogen-bond acceptors (Lipinski definition) is 3. The van der Waals surface area contributed by atoms with Crippen molar-refractivity contribution in [2.45, 2.75) is 31.9 Å². The molecule has 2 atom stereocenters. The largest absolute Gasteiger partial charge is 0.387 e. The van der Waals surface area contributed by atoms with E-state index in [0.29, 0.717) is 0 Å². The summed E-state index contributed by atoms with van der Waals surface area (Å²) in [5.41, 5.74) is 3.96. The Kier molecular flexibility index (Phi) is 5.21. The molecule has 3 aromatic rings. The van der Waals surface area contributed by atoms with Crippen molar-refractivity contribution in [3.05, 3.63) is 82.8 Å². The molecule has 0 unspecified atom stereocenters. The van der Waals surface area contributed by atoms with Crippen LogP contribution in [0.3, 0.4) is 0 Å². The second kappa shape index (κ2) is 7.75. The Morgan fingerprint density at radius 2 is 1.85 bits per heavy atom. The van der Waals surface area contributed by atoms with E-state index in [-0.39, 0.29) is 6.04 Å². The van der Waals surface area contributed by atoms with Crippen molar-refractivity contribution in [2.75, 3.05) is 13.1 Å². The molecule has 1 aliphatic heterocycles. The van der Waals surface area contributed by atoms with E-state index in [9.17, 15) is 5.11 Å². The Balaban J connectivity index is 1.43. The van der Waals surface area contributed by atoms with Crippen molar-refractivity contribution in [3.63, 3.8) is 0 Å². The SMILES string of the molecule is C[C@H]([C@H](O)c1csc2ccccc12)N1CC=C(Cc2ccccc2)CC1. The van der Waals surface area contributed by atoms with Crippen LogP contribution in [0.4, 0.5) is 0 Å². The summed E-state index contributed by atoms with van der Waals surface area (Å²) in [5.74, 6) is 0. The lowest BCUT2D eigenvalue weighted by Crippen LogP contribution is -2.40. The van der Waals surface area contributed by atoms with Crippen LogP contribution >= 0.6 is 11.3 Å². The Morgan fingerprint density at radius 1 is 1.08 bits per heavy atom. The molecular formula is C23H25NOS. The molecule has 2 nitrogen and oxygen atoms in total. The smallest absolute Gasteiger partial charge is 0.0956 e. The van der Waals surface area contributed by atoms with E-state index >= 15 is 0 Å². The lowest BCUT2D eigenvalue weighted by molar-refractivity contribution is 0.0635. The number of benzene rings is 2. The van der Waals surface area contributed by atoms with Gasteiger partial charge in [0.05, 0.1) is 6.10 Å². The number of aliphatic hydroxyl groups is 1. The van der Waals surface area contributed by atoms with Crippen molar-refractivity contribution < 1.29 is 5.11 Å². The first-order valence-electron chi connectivity index (χ1n) is 9.32. The van der Waals surface area contributed by atoms with Crippen LogP contribution < -0.4 is 0 Å². The molecule has 2 heterocycles. The maximum Gasteiger partial charge on any atom is 0.0956 e. The first-order chi connectivity index (χ1) is 12.7. The zero-order valence-electron chi connectivity index (χ0n) is 15.1. The van der Waals surface area contributed by atoms with Crippen molar-refractivity contribution in [3.8, 4) is 0 Å². The minimum absolute atomic E-state index is 0.113. The molecule has 0 bridgehead atoms. The van der Waals surface area contributed by atoms with Crippen LogP contribution in [-0.2, 0) is 6.42 Å². The monoisotopic (exact) mass is 363 g/mol. The van der Waals surface area contributed by atoms with Gasteiger partial charge in [-0.3, -0.25) is 4.90 Å². The summed E-state index contributed by atoms with van der Waals surface area (Å²) >= 11 is 1.72. The van der Waals surface area contributed by atoms with Gasteiger partial charge in [0.2, 0.25) is 0 Å². The van der Waals surface area contributed by atoms with Gasteiger partial charge in [-0.2, -0.15) is 0 Å². The highest BCUT2D eigenvalue weighted by Crippen LogP contribution is 2.33. The van der Waals surface area contributed by atoms with Gasteiger partial charge in [0.25, 0.3) is 0 Å². The van der Waals surface area contributed by atoms with Crippen LogP contribution in [0.2, 0.25) is 0 Å². The molecule has 0 amide bonds. The van der Waals surface area contributed by atoms with Gasteiger partial charge in [0.1, 0.15) is 0 Å². The molecule has 3 heteroatoms. The van der Waals surface area contributed by atoms with Gasteiger partial charge in [-0.25, -0.2) is 0 Å². The van der Waals surface area contributed by atoms with Gasteiger partial charge >= 0.3 is 0 Å². The lowest BCUT2D eigenvalue weighted by Gasteiger charge is -2.34. The van der Waals surface area contributed by atoms with Crippen molar-refractivity contribution in [2.24, 2.45) is 0 Å². The fraction of sp³-hybridized carbons (Fsp3) is 0.304. The summed E-state index contributed by atoms with van der Waals surface area (Å²) in [6, 6.07) is 19.1. The number of hydrogen-bond donors (Lipinski definition) is 1. The molecular weight excluding hydrogens is 338 g/mol. The zero-order valence-corrected chi connectivity index (χ0v) is 16.0. The minimum Gasteiger partial charge on any atom is -0.387 e. The molecule has 26 heavy (non-hydrogen) atoms. The van der Waals surface area contributed by atoms with Gasteiger partial charge in [0, 0.05) is 29.4 Å². The van der Waals surface area contributed by atoms with E-state index in [4.69, 9.17) is 0 Å². The molecule has 2 aromatic carbocycles. The van der Waals surface area contributed by atoms with Crippen LogP contribution in [0.1, 0.15) is 30.6 Å². The topological polar surface area (TPSA) is 23.5 Å². The first kappa shape index (κ1) is 17.5. The fourth-order valence-corrected chi connectivity index (χ4v) is 4.79. The number of thiophene rings is 1. The summed E-state index contributed by atoms with van der Waals surface area (Å²) in [5, 5.41) is 14.3. The molecule has 134 valence electrons. The average molecular weight is 364 g/mol. The molecule has 0 saturated heterocycles. The summed E-state index contributed by atoms with van der Waals surface area (Å²) < 4.78 is 1.25. The number of rotatable bonds is 5. The predicted octanol–water partition coefficient (Wildman–Crippen LogP) is 5.20. The lowest BCUT2D eigenvalue weighted by atomic mass is 9.96. The van der Waals surface area contributed by atoms with Crippen molar-refractivity contribution in [1.29, 1.82) is 0 Å². The number of fused-ring (bicyclic) bond motifs is 1. The van der Waals surface area contributed by atoms with E-state index in [0.717, 1.165) is 31.5 Å². The summed E-state index contributed by atoms with van der Waals surface area (Å²) in [7, 11) is 0. The van der Waals surface area contributed by atoms with Crippen LogP contribution in [0.25, 0.3) is 10.1 Å². The fourth-order valence-electron chi connectivity index (χ4n) is 3.80.